The van der Waals surface area contributed by atoms with Crippen LogP contribution in [0.25, 0.3) is 22.3 Å². The maximum atomic E-state index is 14.2. The zero-order chi connectivity index (χ0) is 20.1. The molecular formula is C21H17F2N5O. The first-order valence-electron chi connectivity index (χ1n) is 9.25. The number of nitrogens with zero attached hydrogens (tertiary/aromatic N) is 4. The van der Waals surface area contributed by atoms with Crippen molar-refractivity contribution in [3.63, 3.8) is 0 Å². The van der Waals surface area contributed by atoms with Gasteiger partial charge in [0.1, 0.15) is 23.0 Å². The van der Waals surface area contributed by atoms with Crippen molar-refractivity contribution in [3.05, 3.63) is 71.7 Å². The number of rotatable bonds is 3. The lowest BCUT2D eigenvalue weighted by Crippen LogP contribution is -2.46. The summed E-state index contributed by atoms with van der Waals surface area (Å²) in [6.07, 6.45) is 3.95. The molecule has 6 nitrogen and oxygen atoms in total. The standard InChI is InChI=1S/C21H17F2N5O/c1-27-18(9-12-5-6-16(26-20(12)27)13-10-24-25-11-13)21(29)28-8-7-17(28)19-14(22)3-2-4-15(19)23/h2-6,9-11,17H,7-8H2,1H3,(H,24,25)/t17-/m1/s1. The third-order valence-electron chi connectivity index (χ3n) is 5.50. The highest BCUT2D eigenvalue weighted by Gasteiger charge is 2.38. The zero-order valence-corrected chi connectivity index (χ0v) is 15.6. The van der Waals surface area contributed by atoms with Gasteiger partial charge in [-0.1, -0.05) is 6.07 Å². The number of amides is 1. The van der Waals surface area contributed by atoms with E-state index in [0.717, 1.165) is 16.6 Å². The Morgan fingerprint density at radius 2 is 2.00 bits per heavy atom. The van der Waals surface area contributed by atoms with E-state index in [-0.39, 0.29) is 11.5 Å². The average molecular weight is 393 g/mol. The van der Waals surface area contributed by atoms with Gasteiger partial charge in [0.25, 0.3) is 5.91 Å². The molecule has 1 amide bonds. The Balaban J connectivity index is 1.51. The fraction of sp³-hybridized carbons (Fsp3) is 0.190. The van der Waals surface area contributed by atoms with Crippen LogP contribution in [0.5, 0.6) is 0 Å². The molecule has 0 aliphatic carbocycles. The van der Waals surface area contributed by atoms with Gasteiger partial charge in [-0.25, -0.2) is 13.8 Å². The number of aromatic amines is 1. The number of aryl methyl sites for hydroxylation is 1. The Kier molecular flexibility index (Phi) is 3.94. The van der Waals surface area contributed by atoms with E-state index in [0.29, 0.717) is 24.3 Å². The Labute approximate surface area is 164 Å². The highest BCUT2D eigenvalue weighted by Crippen LogP contribution is 2.37. The molecular weight excluding hydrogens is 376 g/mol. The third kappa shape index (κ3) is 2.71. The van der Waals surface area contributed by atoms with Gasteiger partial charge in [0.05, 0.1) is 17.9 Å². The van der Waals surface area contributed by atoms with Crippen LogP contribution in [-0.4, -0.2) is 37.1 Å². The number of likely N-dealkylation sites (tertiary alicyclic amines) is 1. The van der Waals surface area contributed by atoms with E-state index in [4.69, 9.17) is 0 Å². The molecule has 1 N–H and O–H groups in total. The van der Waals surface area contributed by atoms with E-state index < -0.39 is 17.7 Å². The predicted molar refractivity (Wildman–Crippen MR) is 103 cm³/mol. The molecule has 146 valence electrons. The molecule has 8 heteroatoms. The molecule has 5 rings (SSSR count). The molecule has 1 aliphatic rings. The lowest BCUT2D eigenvalue weighted by atomic mass is 9.93. The van der Waals surface area contributed by atoms with Crippen LogP contribution in [0.4, 0.5) is 8.78 Å². The number of H-pyrrole nitrogens is 1. The molecule has 29 heavy (non-hydrogen) atoms. The van der Waals surface area contributed by atoms with Crippen molar-refractivity contribution in [2.75, 3.05) is 6.54 Å². The number of fused-ring (bicyclic) bond motifs is 1. The van der Waals surface area contributed by atoms with Gasteiger partial charge in [-0.2, -0.15) is 5.10 Å². The van der Waals surface area contributed by atoms with Gasteiger partial charge in [0.15, 0.2) is 0 Å². The van der Waals surface area contributed by atoms with Gasteiger partial charge in [-0.15, -0.1) is 0 Å². The molecule has 4 heterocycles. The van der Waals surface area contributed by atoms with Crippen molar-refractivity contribution in [2.45, 2.75) is 12.5 Å². The number of hydrogen-bond acceptors (Lipinski definition) is 3. The fourth-order valence-electron chi connectivity index (χ4n) is 3.86. The van der Waals surface area contributed by atoms with Crippen LogP contribution in [0.1, 0.15) is 28.5 Å². The van der Waals surface area contributed by atoms with Crippen LogP contribution in [0.2, 0.25) is 0 Å². The highest BCUT2D eigenvalue weighted by molar-refractivity contribution is 5.98. The van der Waals surface area contributed by atoms with Crippen molar-refractivity contribution in [3.8, 4) is 11.3 Å². The van der Waals surface area contributed by atoms with E-state index in [2.05, 4.69) is 15.2 Å². The largest absolute Gasteiger partial charge is 0.330 e. The summed E-state index contributed by atoms with van der Waals surface area (Å²) in [6.45, 7) is 0.451. The smallest absolute Gasteiger partial charge is 0.271 e. The Bertz CT molecular complexity index is 1210. The van der Waals surface area contributed by atoms with Crippen molar-refractivity contribution < 1.29 is 13.6 Å². The van der Waals surface area contributed by atoms with Gasteiger partial charge in [0, 0.05) is 36.3 Å². The van der Waals surface area contributed by atoms with Crippen molar-refractivity contribution >= 4 is 16.9 Å². The first kappa shape index (κ1) is 17.5. The summed E-state index contributed by atoms with van der Waals surface area (Å²) >= 11 is 0. The van der Waals surface area contributed by atoms with Crippen LogP contribution in [0, 0.1) is 11.6 Å². The summed E-state index contributed by atoms with van der Waals surface area (Å²) in [5.74, 6) is -1.53. The van der Waals surface area contributed by atoms with Crippen molar-refractivity contribution in [2.24, 2.45) is 7.05 Å². The number of pyridine rings is 1. The normalized spacial score (nSPS) is 16.2. The van der Waals surface area contributed by atoms with Crippen molar-refractivity contribution in [1.29, 1.82) is 0 Å². The summed E-state index contributed by atoms with van der Waals surface area (Å²) in [5.41, 5.74) is 2.62. The molecule has 0 spiro atoms. The maximum absolute atomic E-state index is 14.2. The molecule has 1 saturated heterocycles. The van der Waals surface area contributed by atoms with E-state index >= 15 is 0 Å². The van der Waals surface area contributed by atoms with Gasteiger partial charge in [-0.05, 0) is 36.8 Å². The third-order valence-corrected chi connectivity index (χ3v) is 5.50. The van der Waals surface area contributed by atoms with E-state index in [9.17, 15) is 13.6 Å². The fourth-order valence-corrected chi connectivity index (χ4v) is 3.86. The maximum Gasteiger partial charge on any atom is 0.271 e. The van der Waals surface area contributed by atoms with Crippen molar-refractivity contribution in [1.82, 2.24) is 24.6 Å². The first-order valence-corrected chi connectivity index (χ1v) is 9.25. The molecule has 3 aromatic heterocycles. The second-order valence-corrected chi connectivity index (χ2v) is 7.12. The minimum atomic E-state index is -0.629. The Hall–Kier alpha value is -3.55. The highest BCUT2D eigenvalue weighted by atomic mass is 19.1. The minimum Gasteiger partial charge on any atom is -0.330 e. The summed E-state index contributed by atoms with van der Waals surface area (Å²) in [7, 11) is 1.76. The quantitative estimate of drug-likeness (QED) is 0.575. The van der Waals surface area contributed by atoms with E-state index in [1.54, 1.807) is 30.1 Å². The Morgan fingerprint density at radius 1 is 1.21 bits per heavy atom. The SMILES string of the molecule is Cn1c(C(=O)N2CC[C@@H]2c2c(F)cccc2F)cc2ccc(-c3cn[nH]c3)nc21. The number of aromatic nitrogens is 4. The summed E-state index contributed by atoms with van der Waals surface area (Å²) in [6, 6.07) is 8.68. The number of carbonyl (C=O) groups is 1. The predicted octanol–water partition coefficient (Wildman–Crippen LogP) is 3.83. The number of nitrogens with one attached hydrogen (secondary N) is 1. The average Bonchev–Trinajstić information content (AvgIpc) is 3.32. The first-order chi connectivity index (χ1) is 14.0. The molecule has 0 radical (unpaired) electrons. The monoisotopic (exact) mass is 393 g/mol. The second kappa shape index (κ2) is 6.51. The van der Waals surface area contributed by atoms with Crippen LogP contribution in [0.15, 0.2) is 48.8 Å². The molecule has 0 bridgehead atoms. The van der Waals surface area contributed by atoms with Gasteiger partial charge in [0.2, 0.25) is 0 Å². The molecule has 1 atom stereocenters. The number of carbonyl (C=O) groups excluding carboxylic acids is 1. The molecule has 4 aromatic rings. The van der Waals surface area contributed by atoms with Gasteiger partial charge in [-0.3, -0.25) is 9.89 Å². The summed E-state index contributed by atoms with van der Waals surface area (Å²) < 4.78 is 30.1. The van der Waals surface area contributed by atoms with E-state index in [1.165, 1.54) is 23.1 Å². The van der Waals surface area contributed by atoms with Gasteiger partial charge >= 0.3 is 0 Å². The number of benzene rings is 1. The lowest BCUT2D eigenvalue weighted by molar-refractivity contribution is 0.0435. The zero-order valence-electron chi connectivity index (χ0n) is 15.6. The molecule has 1 fully saturated rings. The van der Waals surface area contributed by atoms with Crippen LogP contribution < -0.4 is 0 Å². The van der Waals surface area contributed by atoms with E-state index in [1.807, 2.05) is 12.1 Å². The molecule has 1 aromatic carbocycles. The Morgan fingerprint density at radius 3 is 2.66 bits per heavy atom. The molecule has 1 aliphatic heterocycles. The second-order valence-electron chi connectivity index (χ2n) is 7.12. The summed E-state index contributed by atoms with van der Waals surface area (Å²) in [5, 5.41) is 7.51. The lowest BCUT2D eigenvalue weighted by Gasteiger charge is -2.41. The summed E-state index contributed by atoms with van der Waals surface area (Å²) in [4.78, 5) is 19.3. The topological polar surface area (TPSA) is 66.8 Å². The minimum absolute atomic E-state index is 0.0498. The number of hydrogen-bond donors (Lipinski definition) is 1. The number of halogens is 2. The van der Waals surface area contributed by atoms with Crippen LogP contribution >= 0.6 is 0 Å². The molecule has 0 saturated carbocycles. The van der Waals surface area contributed by atoms with Crippen LogP contribution in [0.3, 0.4) is 0 Å². The molecule has 0 unspecified atom stereocenters. The van der Waals surface area contributed by atoms with Gasteiger partial charge < -0.3 is 9.47 Å². The van der Waals surface area contributed by atoms with Crippen LogP contribution in [-0.2, 0) is 7.05 Å².